The Balaban J connectivity index is 1.91. The highest BCUT2D eigenvalue weighted by Gasteiger charge is 2.22. The molecule has 0 aromatic heterocycles. The average molecular weight is 446 g/mol. The fourth-order valence-electron chi connectivity index (χ4n) is 2.91. The van der Waals surface area contributed by atoms with Gasteiger partial charge in [-0.3, -0.25) is 9.59 Å². The summed E-state index contributed by atoms with van der Waals surface area (Å²) in [5.41, 5.74) is 1.43. The molecule has 2 aromatic carbocycles. The van der Waals surface area contributed by atoms with Crippen LogP contribution in [0.3, 0.4) is 0 Å². The second kappa shape index (κ2) is 12.3. The zero-order valence-electron chi connectivity index (χ0n) is 18.7. The Kier molecular flexibility index (Phi) is 9.82. The molecule has 2 aromatic rings. The minimum Gasteiger partial charge on any atom is -0.492 e. The van der Waals surface area contributed by atoms with E-state index in [0.29, 0.717) is 30.2 Å². The van der Waals surface area contributed by atoms with E-state index in [1.807, 2.05) is 52.2 Å². The van der Waals surface area contributed by atoms with Crippen LogP contribution in [0, 0.1) is 5.92 Å². The standard InChI is InChI=1S/C24H32ClN3O3/c1-17(2)15-22(27-23(29)19-7-9-20(25)10-8-19)24(30)26-16-18-5-11-21(12-6-18)31-14-13-28(3)4/h5-12,17,22H,13-16H2,1-4H3,(H,26,30)(H,27,29). The number of likely N-dealkylation sites (N-methyl/N-ethyl adjacent to an activating group) is 1. The van der Waals surface area contributed by atoms with E-state index in [-0.39, 0.29) is 17.7 Å². The summed E-state index contributed by atoms with van der Waals surface area (Å²) in [6.45, 7) is 5.87. The smallest absolute Gasteiger partial charge is 0.251 e. The van der Waals surface area contributed by atoms with Crippen LogP contribution >= 0.6 is 11.6 Å². The Morgan fingerprint density at radius 3 is 2.26 bits per heavy atom. The molecule has 0 heterocycles. The highest BCUT2D eigenvalue weighted by Crippen LogP contribution is 2.13. The predicted octanol–water partition coefficient (Wildman–Crippen LogP) is 3.74. The Morgan fingerprint density at radius 2 is 1.68 bits per heavy atom. The van der Waals surface area contributed by atoms with Crippen LogP contribution in [0.15, 0.2) is 48.5 Å². The Labute approximate surface area is 189 Å². The number of carbonyl (C=O) groups is 2. The summed E-state index contributed by atoms with van der Waals surface area (Å²) in [7, 11) is 4.00. The number of halogens is 1. The zero-order chi connectivity index (χ0) is 22.8. The van der Waals surface area contributed by atoms with Gasteiger partial charge in [0, 0.05) is 23.7 Å². The lowest BCUT2D eigenvalue weighted by molar-refractivity contribution is -0.123. The van der Waals surface area contributed by atoms with Crippen molar-refractivity contribution in [2.24, 2.45) is 5.92 Å². The molecule has 0 aliphatic rings. The highest BCUT2D eigenvalue weighted by atomic mass is 35.5. The number of benzene rings is 2. The lowest BCUT2D eigenvalue weighted by Crippen LogP contribution is -2.47. The third-order valence-corrected chi connectivity index (χ3v) is 4.88. The van der Waals surface area contributed by atoms with Crippen LogP contribution < -0.4 is 15.4 Å². The first-order valence-electron chi connectivity index (χ1n) is 10.4. The largest absolute Gasteiger partial charge is 0.492 e. The number of hydrogen-bond acceptors (Lipinski definition) is 4. The molecule has 168 valence electrons. The summed E-state index contributed by atoms with van der Waals surface area (Å²) in [6.07, 6.45) is 0.545. The topological polar surface area (TPSA) is 70.7 Å². The molecule has 0 saturated carbocycles. The molecule has 0 spiro atoms. The number of amides is 2. The number of ether oxygens (including phenoxy) is 1. The van der Waals surface area contributed by atoms with Gasteiger partial charge in [-0.2, -0.15) is 0 Å². The molecule has 1 atom stereocenters. The molecule has 6 nitrogen and oxygen atoms in total. The fraction of sp³-hybridized carbons (Fsp3) is 0.417. The summed E-state index contributed by atoms with van der Waals surface area (Å²) in [6, 6.07) is 13.6. The monoisotopic (exact) mass is 445 g/mol. The van der Waals surface area contributed by atoms with E-state index in [4.69, 9.17) is 16.3 Å². The van der Waals surface area contributed by atoms with Crippen molar-refractivity contribution >= 4 is 23.4 Å². The third kappa shape index (κ3) is 8.99. The van der Waals surface area contributed by atoms with Crippen LogP contribution in [0.4, 0.5) is 0 Å². The van der Waals surface area contributed by atoms with Gasteiger partial charge in [0.2, 0.25) is 5.91 Å². The normalized spacial score (nSPS) is 12.0. The molecule has 0 aliphatic heterocycles. The number of carbonyl (C=O) groups excluding carboxylic acids is 2. The van der Waals surface area contributed by atoms with Gasteiger partial charge >= 0.3 is 0 Å². The molecule has 7 heteroatoms. The maximum absolute atomic E-state index is 12.8. The lowest BCUT2D eigenvalue weighted by Gasteiger charge is -2.20. The first-order chi connectivity index (χ1) is 14.7. The van der Waals surface area contributed by atoms with Crippen LogP contribution in [0.25, 0.3) is 0 Å². The van der Waals surface area contributed by atoms with Gasteiger partial charge in [0.1, 0.15) is 18.4 Å². The molecule has 0 aliphatic carbocycles. The van der Waals surface area contributed by atoms with Gasteiger partial charge in [0.15, 0.2) is 0 Å². The van der Waals surface area contributed by atoms with Crippen LogP contribution in [0.5, 0.6) is 5.75 Å². The maximum atomic E-state index is 12.8. The molecule has 0 fully saturated rings. The second-order valence-corrected chi connectivity index (χ2v) is 8.61. The van der Waals surface area contributed by atoms with Crippen LogP contribution in [-0.4, -0.2) is 50.0 Å². The van der Waals surface area contributed by atoms with Gasteiger partial charge in [0.25, 0.3) is 5.91 Å². The van der Waals surface area contributed by atoms with Crippen LogP contribution in [0.2, 0.25) is 5.02 Å². The van der Waals surface area contributed by atoms with Gasteiger partial charge < -0.3 is 20.3 Å². The van der Waals surface area contributed by atoms with Crippen molar-refractivity contribution in [1.29, 1.82) is 0 Å². The van der Waals surface area contributed by atoms with Gasteiger partial charge in [-0.1, -0.05) is 37.6 Å². The first kappa shape index (κ1) is 24.7. The summed E-state index contributed by atoms with van der Waals surface area (Å²) >= 11 is 5.88. The molecule has 2 N–H and O–H groups in total. The van der Waals surface area contributed by atoms with E-state index in [1.54, 1.807) is 24.3 Å². The van der Waals surface area contributed by atoms with Crippen molar-refractivity contribution in [3.63, 3.8) is 0 Å². The fourth-order valence-corrected chi connectivity index (χ4v) is 3.03. The quantitative estimate of drug-likeness (QED) is 0.552. The maximum Gasteiger partial charge on any atom is 0.251 e. The average Bonchev–Trinajstić information content (AvgIpc) is 2.72. The highest BCUT2D eigenvalue weighted by molar-refractivity contribution is 6.30. The van der Waals surface area contributed by atoms with E-state index >= 15 is 0 Å². The third-order valence-electron chi connectivity index (χ3n) is 4.63. The number of nitrogens with one attached hydrogen (secondary N) is 2. The summed E-state index contributed by atoms with van der Waals surface area (Å²) in [5.74, 6) is 0.545. The molecule has 2 amide bonds. The van der Waals surface area contributed by atoms with E-state index < -0.39 is 6.04 Å². The van der Waals surface area contributed by atoms with E-state index in [2.05, 4.69) is 15.5 Å². The van der Waals surface area contributed by atoms with Crippen molar-refractivity contribution in [3.8, 4) is 5.75 Å². The van der Waals surface area contributed by atoms with Crippen molar-refractivity contribution in [1.82, 2.24) is 15.5 Å². The van der Waals surface area contributed by atoms with Crippen molar-refractivity contribution in [3.05, 3.63) is 64.7 Å². The van der Waals surface area contributed by atoms with Gasteiger partial charge in [0.05, 0.1) is 0 Å². The van der Waals surface area contributed by atoms with E-state index in [0.717, 1.165) is 17.9 Å². The summed E-state index contributed by atoms with van der Waals surface area (Å²) in [5, 5.41) is 6.33. The number of nitrogens with zero attached hydrogens (tertiary/aromatic N) is 1. The van der Waals surface area contributed by atoms with E-state index in [1.165, 1.54) is 0 Å². The van der Waals surface area contributed by atoms with Gasteiger partial charge in [-0.15, -0.1) is 0 Å². The number of hydrogen-bond donors (Lipinski definition) is 2. The summed E-state index contributed by atoms with van der Waals surface area (Å²) in [4.78, 5) is 27.4. The van der Waals surface area contributed by atoms with Gasteiger partial charge in [-0.25, -0.2) is 0 Å². The zero-order valence-corrected chi connectivity index (χ0v) is 19.4. The van der Waals surface area contributed by atoms with Gasteiger partial charge in [-0.05, 0) is 68.4 Å². The molecular weight excluding hydrogens is 414 g/mol. The molecule has 0 saturated heterocycles. The molecule has 2 rings (SSSR count). The molecular formula is C24H32ClN3O3. The Bertz CT molecular complexity index is 836. The number of rotatable bonds is 11. The predicted molar refractivity (Wildman–Crippen MR) is 124 cm³/mol. The first-order valence-corrected chi connectivity index (χ1v) is 10.8. The Hall–Kier alpha value is -2.57. The SMILES string of the molecule is CC(C)CC(NC(=O)c1ccc(Cl)cc1)C(=O)NCc1ccc(OCCN(C)C)cc1. The second-order valence-electron chi connectivity index (χ2n) is 8.18. The minimum atomic E-state index is -0.614. The van der Waals surface area contributed by atoms with Crippen LogP contribution in [-0.2, 0) is 11.3 Å². The van der Waals surface area contributed by atoms with Crippen LogP contribution in [0.1, 0.15) is 36.2 Å². The minimum absolute atomic E-state index is 0.206. The van der Waals surface area contributed by atoms with Crippen molar-refractivity contribution in [2.45, 2.75) is 32.9 Å². The molecule has 31 heavy (non-hydrogen) atoms. The Morgan fingerprint density at radius 1 is 1.03 bits per heavy atom. The molecule has 0 radical (unpaired) electrons. The molecule has 0 bridgehead atoms. The summed E-state index contributed by atoms with van der Waals surface area (Å²) < 4.78 is 5.69. The molecule has 1 unspecified atom stereocenters. The van der Waals surface area contributed by atoms with Crippen molar-refractivity contribution in [2.75, 3.05) is 27.2 Å². The van der Waals surface area contributed by atoms with Crippen molar-refractivity contribution < 1.29 is 14.3 Å². The lowest BCUT2D eigenvalue weighted by atomic mass is 10.0. The van der Waals surface area contributed by atoms with E-state index in [9.17, 15) is 9.59 Å².